The molecule has 0 spiro atoms. The molecule has 1 aromatic carbocycles. The zero-order chi connectivity index (χ0) is 14.7. The molecule has 3 amide bonds. The van der Waals surface area contributed by atoms with E-state index in [0.717, 1.165) is 16.8 Å². The van der Waals surface area contributed by atoms with Crippen LogP contribution < -0.4 is 5.32 Å². The maximum atomic E-state index is 12.2. The molecule has 1 aromatic rings. The van der Waals surface area contributed by atoms with Gasteiger partial charge in [0.1, 0.15) is 0 Å². The normalized spacial score (nSPS) is 15.2. The number of hydrogen-bond acceptors (Lipinski definition) is 2. The summed E-state index contributed by atoms with van der Waals surface area (Å²) in [6.45, 7) is 7.95. The van der Waals surface area contributed by atoms with Crippen molar-refractivity contribution < 1.29 is 9.59 Å². The monoisotopic (exact) mass is 275 g/mol. The second kappa shape index (κ2) is 5.94. The van der Waals surface area contributed by atoms with E-state index in [2.05, 4.69) is 11.4 Å². The molecule has 0 saturated carbocycles. The Morgan fingerprint density at radius 2 is 1.45 bits per heavy atom. The van der Waals surface area contributed by atoms with Gasteiger partial charge >= 0.3 is 6.03 Å². The van der Waals surface area contributed by atoms with Gasteiger partial charge in [0.25, 0.3) is 0 Å². The lowest BCUT2D eigenvalue weighted by Crippen LogP contribution is -2.51. The Morgan fingerprint density at radius 1 is 0.950 bits per heavy atom. The minimum absolute atomic E-state index is 0.0689. The lowest BCUT2D eigenvalue weighted by Gasteiger charge is -2.34. The molecular weight excluding hydrogens is 254 g/mol. The third-order valence-corrected chi connectivity index (χ3v) is 3.49. The highest BCUT2D eigenvalue weighted by atomic mass is 16.2. The van der Waals surface area contributed by atoms with Gasteiger partial charge in [-0.3, -0.25) is 4.79 Å². The van der Waals surface area contributed by atoms with E-state index < -0.39 is 0 Å². The van der Waals surface area contributed by atoms with E-state index in [1.807, 2.05) is 26.0 Å². The fourth-order valence-electron chi connectivity index (χ4n) is 2.47. The van der Waals surface area contributed by atoms with Crippen molar-refractivity contribution in [3.63, 3.8) is 0 Å². The summed E-state index contributed by atoms with van der Waals surface area (Å²) in [5.41, 5.74) is 3.07. The smallest absolute Gasteiger partial charge is 0.321 e. The van der Waals surface area contributed by atoms with Crippen LogP contribution >= 0.6 is 0 Å². The molecule has 108 valence electrons. The molecule has 0 bridgehead atoms. The summed E-state index contributed by atoms with van der Waals surface area (Å²) >= 11 is 0. The van der Waals surface area contributed by atoms with Gasteiger partial charge in [0, 0.05) is 38.8 Å². The van der Waals surface area contributed by atoms with Crippen molar-refractivity contribution in [2.24, 2.45) is 0 Å². The highest BCUT2D eigenvalue weighted by molar-refractivity contribution is 5.89. The van der Waals surface area contributed by atoms with Crippen molar-refractivity contribution in [1.82, 2.24) is 9.80 Å². The minimum atomic E-state index is -0.0989. The van der Waals surface area contributed by atoms with E-state index in [-0.39, 0.29) is 11.9 Å². The number of carbonyl (C=O) groups is 2. The zero-order valence-corrected chi connectivity index (χ0v) is 12.3. The fourth-order valence-corrected chi connectivity index (χ4v) is 2.47. The van der Waals surface area contributed by atoms with Crippen LogP contribution in [-0.2, 0) is 4.79 Å². The third-order valence-electron chi connectivity index (χ3n) is 3.49. The minimum Gasteiger partial charge on any atom is -0.339 e. The van der Waals surface area contributed by atoms with Gasteiger partial charge in [0.05, 0.1) is 0 Å². The van der Waals surface area contributed by atoms with Gasteiger partial charge < -0.3 is 15.1 Å². The summed E-state index contributed by atoms with van der Waals surface area (Å²) in [6.07, 6.45) is 0. The van der Waals surface area contributed by atoms with Crippen LogP contribution in [0, 0.1) is 13.8 Å². The van der Waals surface area contributed by atoms with Gasteiger partial charge in [0.2, 0.25) is 5.91 Å². The summed E-state index contributed by atoms with van der Waals surface area (Å²) < 4.78 is 0. The highest BCUT2D eigenvalue weighted by Crippen LogP contribution is 2.15. The molecule has 2 rings (SSSR count). The van der Waals surface area contributed by atoms with Gasteiger partial charge in [-0.1, -0.05) is 6.07 Å². The number of benzene rings is 1. The number of nitrogens with one attached hydrogen (secondary N) is 1. The van der Waals surface area contributed by atoms with Gasteiger partial charge in [0.15, 0.2) is 0 Å². The maximum absolute atomic E-state index is 12.2. The number of rotatable bonds is 1. The van der Waals surface area contributed by atoms with E-state index in [1.54, 1.807) is 16.7 Å². The van der Waals surface area contributed by atoms with Crippen LogP contribution in [0.1, 0.15) is 18.1 Å². The predicted molar refractivity (Wildman–Crippen MR) is 78.8 cm³/mol. The van der Waals surface area contributed by atoms with Crippen LogP contribution in [0.15, 0.2) is 18.2 Å². The Balaban J connectivity index is 1.94. The number of amides is 3. The quantitative estimate of drug-likeness (QED) is 0.852. The van der Waals surface area contributed by atoms with Crippen LogP contribution in [0.4, 0.5) is 10.5 Å². The van der Waals surface area contributed by atoms with Crippen LogP contribution in [0.5, 0.6) is 0 Å². The predicted octanol–water partition coefficient (Wildman–Crippen LogP) is 2.00. The molecule has 0 unspecified atom stereocenters. The summed E-state index contributed by atoms with van der Waals surface area (Å²) in [5.74, 6) is 0.0689. The highest BCUT2D eigenvalue weighted by Gasteiger charge is 2.22. The molecule has 20 heavy (non-hydrogen) atoms. The third kappa shape index (κ3) is 3.50. The largest absolute Gasteiger partial charge is 0.339 e. The van der Waals surface area contributed by atoms with Crippen molar-refractivity contribution in [3.05, 3.63) is 29.3 Å². The first kappa shape index (κ1) is 14.4. The molecule has 0 aliphatic carbocycles. The Bertz CT molecular complexity index is 500. The number of carbonyl (C=O) groups excluding carboxylic acids is 2. The molecule has 0 atom stereocenters. The van der Waals surface area contributed by atoms with Crippen LogP contribution in [0.3, 0.4) is 0 Å². The summed E-state index contributed by atoms with van der Waals surface area (Å²) in [4.78, 5) is 26.9. The Labute approximate surface area is 119 Å². The Morgan fingerprint density at radius 3 is 1.95 bits per heavy atom. The Kier molecular flexibility index (Phi) is 4.27. The standard InChI is InChI=1S/C15H21N3O2/c1-11-8-12(2)10-14(9-11)16-15(20)18-6-4-17(5-7-18)13(3)19/h8-10H,4-7H2,1-3H3,(H,16,20). The van der Waals surface area contributed by atoms with E-state index in [4.69, 9.17) is 0 Å². The topological polar surface area (TPSA) is 52.7 Å². The zero-order valence-electron chi connectivity index (χ0n) is 12.3. The molecular formula is C15H21N3O2. The molecule has 1 saturated heterocycles. The molecule has 5 heteroatoms. The fraction of sp³-hybridized carbons (Fsp3) is 0.467. The lowest BCUT2D eigenvalue weighted by atomic mass is 10.1. The average molecular weight is 275 g/mol. The van der Waals surface area contributed by atoms with Gasteiger partial charge in [-0.15, -0.1) is 0 Å². The van der Waals surface area contributed by atoms with Crippen molar-refractivity contribution in [1.29, 1.82) is 0 Å². The SMILES string of the molecule is CC(=O)N1CCN(C(=O)Nc2cc(C)cc(C)c2)CC1. The first-order valence-electron chi connectivity index (χ1n) is 6.85. The van der Waals surface area contributed by atoms with Crippen LogP contribution in [-0.4, -0.2) is 47.9 Å². The summed E-state index contributed by atoms with van der Waals surface area (Å²) in [6, 6.07) is 5.88. The van der Waals surface area contributed by atoms with E-state index in [9.17, 15) is 9.59 Å². The van der Waals surface area contributed by atoms with Crippen LogP contribution in [0.2, 0.25) is 0 Å². The second-order valence-corrected chi connectivity index (χ2v) is 5.30. The maximum Gasteiger partial charge on any atom is 0.321 e. The molecule has 5 nitrogen and oxygen atoms in total. The molecule has 1 fully saturated rings. The number of hydrogen-bond donors (Lipinski definition) is 1. The van der Waals surface area contributed by atoms with Gasteiger partial charge in [-0.2, -0.15) is 0 Å². The van der Waals surface area contributed by atoms with Crippen LogP contribution in [0.25, 0.3) is 0 Å². The lowest BCUT2D eigenvalue weighted by molar-refractivity contribution is -0.130. The summed E-state index contributed by atoms with van der Waals surface area (Å²) in [5, 5.41) is 2.92. The van der Waals surface area contributed by atoms with Crippen molar-refractivity contribution in [3.8, 4) is 0 Å². The Hall–Kier alpha value is -2.04. The number of aryl methyl sites for hydroxylation is 2. The number of nitrogens with zero attached hydrogens (tertiary/aromatic N) is 2. The second-order valence-electron chi connectivity index (χ2n) is 5.30. The average Bonchev–Trinajstić information content (AvgIpc) is 2.37. The summed E-state index contributed by atoms with van der Waals surface area (Å²) in [7, 11) is 0. The van der Waals surface area contributed by atoms with Crippen molar-refractivity contribution in [2.75, 3.05) is 31.5 Å². The first-order valence-corrected chi connectivity index (χ1v) is 6.85. The van der Waals surface area contributed by atoms with Crippen molar-refractivity contribution >= 4 is 17.6 Å². The molecule has 0 radical (unpaired) electrons. The molecule has 1 heterocycles. The number of piperazine rings is 1. The van der Waals surface area contributed by atoms with E-state index in [1.165, 1.54) is 0 Å². The molecule has 1 aliphatic rings. The molecule has 0 aromatic heterocycles. The van der Waals surface area contributed by atoms with Gasteiger partial charge in [-0.05, 0) is 37.1 Å². The van der Waals surface area contributed by atoms with E-state index in [0.29, 0.717) is 26.2 Å². The van der Waals surface area contributed by atoms with Gasteiger partial charge in [-0.25, -0.2) is 4.79 Å². The molecule has 1 aliphatic heterocycles. The number of anilines is 1. The van der Waals surface area contributed by atoms with E-state index >= 15 is 0 Å². The first-order chi connectivity index (χ1) is 9.45. The molecule has 1 N–H and O–H groups in total. The van der Waals surface area contributed by atoms with Crippen molar-refractivity contribution in [2.45, 2.75) is 20.8 Å². The number of urea groups is 1.